The number of nitrogens with one attached hydrogen (secondary N) is 1. The molecular weight excluding hydrogens is 289 g/mol. The molecule has 1 aliphatic heterocycles. The standard InChI is InChI=1S/C12H15BrClNO/c1-15-7-8-4-5-16-12(8)10-3-2-9(14)6-11(10)13/h2-3,6,8,12,15H,4-5,7H2,1H3. The Kier molecular flexibility index (Phi) is 4.25. The van der Waals surface area contributed by atoms with E-state index in [-0.39, 0.29) is 6.10 Å². The van der Waals surface area contributed by atoms with Crippen molar-refractivity contribution in [3.8, 4) is 0 Å². The van der Waals surface area contributed by atoms with Gasteiger partial charge < -0.3 is 10.1 Å². The molecule has 1 aliphatic rings. The van der Waals surface area contributed by atoms with Crippen LogP contribution in [-0.4, -0.2) is 20.2 Å². The third kappa shape index (κ3) is 2.59. The van der Waals surface area contributed by atoms with Crippen molar-refractivity contribution in [2.45, 2.75) is 12.5 Å². The minimum Gasteiger partial charge on any atom is -0.373 e. The lowest BCUT2D eigenvalue weighted by Gasteiger charge is -2.19. The van der Waals surface area contributed by atoms with E-state index in [0.29, 0.717) is 5.92 Å². The van der Waals surface area contributed by atoms with Gasteiger partial charge in [-0.3, -0.25) is 0 Å². The molecule has 0 saturated carbocycles. The van der Waals surface area contributed by atoms with Gasteiger partial charge in [-0.05, 0) is 31.2 Å². The normalized spacial score (nSPS) is 24.9. The Hall–Kier alpha value is -0.0900. The summed E-state index contributed by atoms with van der Waals surface area (Å²) in [5.74, 6) is 0.544. The molecule has 0 aromatic heterocycles. The van der Waals surface area contributed by atoms with E-state index in [2.05, 4.69) is 21.2 Å². The van der Waals surface area contributed by atoms with Crippen LogP contribution in [-0.2, 0) is 4.74 Å². The number of hydrogen-bond acceptors (Lipinski definition) is 2. The molecule has 0 bridgehead atoms. The maximum Gasteiger partial charge on any atom is 0.0876 e. The highest BCUT2D eigenvalue weighted by molar-refractivity contribution is 9.10. The average Bonchev–Trinajstić information content (AvgIpc) is 2.67. The molecule has 1 aromatic rings. The number of hydrogen-bond donors (Lipinski definition) is 1. The molecule has 1 heterocycles. The fourth-order valence-electron chi connectivity index (χ4n) is 2.18. The van der Waals surface area contributed by atoms with E-state index >= 15 is 0 Å². The van der Waals surface area contributed by atoms with Gasteiger partial charge in [0.05, 0.1) is 6.10 Å². The summed E-state index contributed by atoms with van der Waals surface area (Å²) in [6.07, 6.45) is 1.29. The molecule has 1 saturated heterocycles. The van der Waals surface area contributed by atoms with Gasteiger partial charge in [0.2, 0.25) is 0 Å². The number of benzene rings is 1. The van der Waals surface area contributed by atoms with Crippen molar-refractivity contribution in [3.63, 3.8) is 0 Å². The van der Waals surface area contributed by atoms with Gasteiger partial charge in [0.1, 0.15) is 0 Å². The van der Waals surface area contributed by atoms with E-state index in [1.54, 1.807) is 0 Å². The first kappa shape index (κ1) is 12.4. The Balaban J connectivity index is 2.22. The van der Waals surface area contributed by atoms with Gasteiger partial charge in [-0.2, -0.15) is 0 Å². The Bertz CT molecular complexity index is 372. The summed E-state index contributed by atoms with van der Waals surface area (Å²) in [4.78, 5) is 0. The van der Waals surface area contributed by atoms with E-state index in [1.807, 2.05) is 25.2 Å². The van der Waals surface area contributed by atoms with E-state index in [0.717, 1.165) is 29.1 Å². The zero-order valence-corrected chi connectivity index (χ0v) is 11.5. The van der Waals surface area contributed by atoms with Crippen LogP contribution in [0.5, 0.6) is 0 Å². The minimum atomic E-state index is 0.180. The van der Waals surface area contributed by atoms with Crippen molar-refractivity contribution in [1.82, 2.24) is 5.32 Å². The highest BCUT2D eigenvalue weighted by atomic mass is 79.9. The zero-order valence-electron chi connectivity index (χ0n) is 9.17. The third-order valence-electron chi connectivity index (χ3n) is 2.95. The fraction of sp³-hybridized carbons (Fsp3) is 0.500. The van der Waals surface area contributed by atoms with E-state index < -0.39 is 0 Å². The fourth-order valence-corrected chi connectivity index (χ4v) is 3.09. The summed E-state index contributed by atoms with van der Waals surface area (Å²) in [6.45, 7) is 1.83. The Labute approximate surface area is 109 Å². The van der Waals surface area contributed by atoms with Crippen LogP contribution in [0.25, 0.3) is 0 Å². The van der Waals surface area contributed by atoms with E-state index in [9.17, 15) is 0 Å². The average molecular weight is 305 g/mol. The smallest absolute Gasteiger partial charge is 0.0876 e. The number of ether oxygens (including phenoxy) is 1. The van der Waals surface area contributed by atoms with Crippen molar-refractivity contribution in [2.75, 3.05) is 20.2 Å². The zero-order chi connectivity index (χ0) is 11.5. The molecule has 2 rings (SSSR count). The van der Waals surface area contributed by atoms with Gasteiger partial charge in [0, 0.05) is 28.6 Å². The quantitative estimate of drug-likeness (QED) is 0.924. The van der Waals surface area contributed by atoms with Crippen LogP contribution in [0.15, 0.2) is 22.7 Å². The molecule has 2 unspecified atom stereocenters. The molecule has 0 amide bonds. The first-order chi connectivity index (χ1) is 7.72. The van der Waals surface area contributed by atoms with Crippen LogP contribution >= 0.6 is 27.5 Å². The Morgan fingerprint density at radius 1 is 1.56 bits per heavy atom. The molecule has 16 heavy (non-hydrogen) atoms. The van der Waals surface area contributed by atoms with E-state index in [4.69, 9.17) is 16.3 Å². The summed E-state index contributed by atoms with van der Waals surface area (Å²) >= 11 is 9.49. The van der Waals surface area contributed by atoms with Crippen LogP contribution in [0.4, 0.5) is 0 Å². The summed E-state index contributed by atoms with van der Waals surface area (Å²) in [5.41, 5.74) is 1.20. The topological polar surface area (TPSA) is 21.3 Å². The van der Waals surface area contributed by atoms with Crippen molar-refractivity contribution in [3.05, 3.63) is 33.3 Å². The lowest BCUT2D eigenvalue weighted by molar-refractivity contribution is 0.0904. The van der Waals surface area contributed by atoms with Gasteiger partial charge >= 0.3 is 0 Å². The van der Waals surface area contributed by atoms with Crippen LogP contribution in [0.3, 0.4) is 0 Å². The molecule has 88 valence electrons. The number of rotatable bonds is 3. The predicted molar refractivity (Wildman–Crippen MR) is 69.9 cm³/mol. The SMILES string of the molecule is CNCC1CCOC1c1ccc(Cl)cc1Br. The van der Waals surface area contributed by atoms with Crippen molar-refractivity contribution >= 4 is 27.5 Å². The summed E-state index contributed by atoms with van der Waals surface area (Å²) in [7, 11) is 1.98. The molecule has 0 spiro atoms. The second-order valence-corrected chi connectivity index (χ2v) is 5.35. The van der Waals surface area contributed by atoms with Gasteiger partial charge in [-0.25, -0.2) is 0 Å². The molecule has 4 heteroatoms. The third-order valence-corrected chi connectivity index (χ3v) is 3.87. The van der Waals surface area contributed by atoms with Crippen molar-refractivity contribution in [2.24, 2.45) is 5.92 Å². The second kappa shape index (κ2) is 5.50. The van der Waals surface area contributed by atoms with Crippen molar-refractivity contribution in [1.29, 1.82) is 0 Å². The molecule has 0 aliphatic carbocycles. The van der Waals surface area contributed by atoms with Crippen LogP contribution < -0.4 is 5.32 Å². The van der Waals surface area contributed by atoms with Crippen LogP contribution in [0.2, 0.25) is 5.02 Å². The van der Waals surface area contributed by atoms with E-state index in [1.165, 1.54) is 5.56 Å². The Morgan fingerprint density at radius 2 is 2.38 bits per heavy atom. The molecule has 2 atom stereocenters. The van der Waals surface area contributed by atoms with Crippen LogP contribution in [0, 0.1) is 5.92 Å². The lowest BCUT2D eigenvalue weighted by Crippen LogP contribution is -2.21. The van der Waals surface area contributed by atoms with Gasteiger partial charge in [0.15, 0.2) is 0 Å². The largest absolute Gasteiger partial charge is 0.373 e. The molecule has 0 radical (unpaired) electrons. The minimum absolute atomic E-state index is 0.180. The maximum atomic E-state index is 5.94. The summed E-state index contributed by atoms with van der Waals surface area (Å²) < 4.78 is 6.85. The van der Waals surface area contributed by atoms with Gasteiger partial charge in [-0.15, -0.1) is 0 Å². The highest BCUT2D eigenvalue weighted by Crippen LogP contribution is 2.38. The summed E-state index contributed by atoms with van der Waals surface area (Å²) in [5, 5.41) is 3.97. The lowest BCUT2D eigenvalue weighted by atomic mass is 9.95. The first-order valence-electron chi connectivity index (χ1n) is 5.43. The monoisotopic (exact) mass is 303 g/mol. The predicted octanol–water partition coefficient (Wildman–Crippen LogP) is 3.40. The molecule has 2 nitrogen and oxygen atoms in total. The second-order valence-electron chi connectivity index (χ2n) is 4.06. The van der Waals surface area contributed by atoms with Gasteiger partial charge in [-0.1, -0.05) is 33.6 Å². The maximum absolute atomic E-state index is 5.94. The molecular formula is C12H15BrClNO. The van der Waals surface area contributed by atoms with Crippen LogP contribution in [0.1, 0.15) is 18.1 Å². The van der Waals surface area contributed by atoms with Gasteiger partial charge in [0.25, 0.3) is 0 Å². The molecule has 1 aromatic carbocycles. The highest BCUT2D eigenvalue weighted by Gasteiger charge is 2.30. The summed E-state index contributed by atoms with van der Waals surface area (Å²) in [6, 6.07) is 5.89. The Morgan fingerprint density at radius 3 is 3.06 bits per heavy atom. The first-order valence-corrected chi connectivity index (χ1v) is 6.60. The molecule has 1 fully saturated rings. The molecule has 1 N–H and O–H groups in total. The number of halogens is 2. The van der Waals surface area contributed by atoms with Crippen molar-refractivity contribution < 1.29 is 4.74 Å².